The monoisotopic (exact) mass is 320 g/mol. The van der Waals surface area contributed by atoms with Crippen molar-refractivity contribution in [3.8, 4) is 0 Å². The van der Waals surface area contributed by atoms with Crippen molar-refractivity contribution < 1.29 is 19.0 Å². The Morgan fingerprint density at radius 1 is 1.61 bits per heavy atom. The van der Waals surface area contributed by atoms with Gasteiger partial charge < -0.3 is 20.5 Å². The van der Waals surface area contributed by atoms with E-state index in [9.17, 15) is 14.3 Å². The van der Waals surface area contributed by atoms with Gasteiger partial charge in [-0.2, -0.15) is 0 Å². The summed E-state index contributed by atoms with van der Waals surface area (Å²) in [4.78, 5) is 11.4. The first-order valence-electron chi connectivity index (χ1n) is 5.20. The molecule has 0 aliphatic carbocycles. The van der Waals surface area contributed by atoms with Crippen LogP contribution in [0.5, 0.6) is 0 Å². The fourth-order valence-electron chi connectivity index (χ4n) is 1.22. The number of ether oxygens (including phenoxy) is 1. The lowest BCUT2D eigenvalue weighted by atomic mass is 10.3. The second-order valence-corrected chi connectivity index (χ2v) is 4.48. The third-order valence-corrected chi connectivity index (χ3v) is 2.53. The van der Waals surface area contributed by atoms with Crippen molar-refractivity contribution in [3.05, 3.63) is 28.5 Å². The molecule has 0 saturated carbocycles. The Morgan fingerprint density at radius 3 is 2.94 bits per heavy atom. The van der Waals surface area contributed by atoms with E-state index in [-0.39, 0.29) is 18.8 Å². The number of benzene rings is 1. The van der Waals surface area contributed by atoms with Crippen LogP contribution in [0.15, 0.2) is 22.7 Å². The lowest BCUT2D eigenvalue weighted by molar-refractivity contribution is 0.0663. The first-order valence-corrected chi connectivity index (χ1v) is 5.99. The van der Waals surface area contributed by atoms with E-state index in [0.717, 1.165) is 0 Å². The topological polar surface area (TPSA) is 70.6 Å². The molecular weight excluding hydrogens is 307 g/mol. The largest absolute Gasteiger partial charge is 0.389 e. The molecule has 0 heterocycles. The average molecular weight is 321 g/mol. The van der Waals surface area contributed by atoms with Gasteiger partial charge in [-0.25, -0.2) is 9.18 Å². The Labute approximate surface area is 112 Å². The number of amides is 2. The fraction of sp³-hybridized carbons (Fsp3) is 0.364. The number of hydrogen-bond acceptors (Lipinski definition) is 3. The van der Waals surface area contributed by atoms with E-state index in [1.807, 2.05) is 0 Å². The van der Waals surface area contributed by atoms with Crippen molar-refractivity contribution in [1.82, 2.24) is 5.32 Å². The van der Waals surface area contributed by atoms with Crippen molar-refractivity contribution in [2.24, 2.45) is 0 Å². The number of rotatable bonds is 5. The highest BCUT2D eigenvalue weighted by Crippen LogP contribution is 2.18. The van der Waals surface area contributed by atoms with Crippen LogP contribution in [-0.2, 0) is 4.74 Å². The molecule has 0 saturated heterocycles. The molecule has 3 N–H and O–H groups in total. The van der Waals surface area contributed by atoms with Crippen LogP contribution < -0.4 is 10.6 Å². The highest BCUT2D eigenvalue weighted by atomic mass is 79.9. The van der Waals surface area contributed by atoms with E-state index in [1.165, 1.54) is 19.2 Å². The highest BCUT2D eigenvalue weighted by molar-refractivity contribution is 9.10. The Hall–Kier alpha value is -1.18. The Balaban J connectivity index is 2.44. The van der Waals surface area contributed by atoms with Crippen LogP contribution in [-0.4, -0.2) is 37.5 Å². The molecule has 0 aromatic heterocycles. The summed E-state index contributed by atoms with van der Waals surface area (Å²) in [7, 11) is 1.44. The Morgan fingerprint density at radius 2 is 2.33 bits per heavy atom. The van der Waals surface area contributed by atoms with Gasteiger partial charge in [-0.1, -0.05) is 15.9 Å². The first-order chi connectivity index (χ1) is 8.52. The number of hydrogen-bond donors (Lipinski definition) is 3. The zero-order valence-corrected chi connectivity index (χ0v) is 11.3. The van der Waals surface area contributed by atoms with Crippen molar-refractivity contribution >= 4 is 27.6 Å². The molecule has 18 heavy (non-hydrogen) atoms. The van der Waals surface area contributed by atoms with E-state index >= 15 is 0 Å². The van der Waals surface area contributed by atoms with Crippen LogP contribution in [0.1, 0.15) is 0 Å². The molecule has 1 unspecified atom stereocenters. The zero-order chi connectivity index (χ0) is 13.5. The summed E-state index contributed by atoms with van der Waals surface area (Å²) >= 11 is 3.11. The smallest absolute Gasteiger partial charge is 0.319 e. The van der Waals surface area contributed by atoms with Gasteiger partial charge in [0.25, 0.3) is 0 Å². The molecule has 7 heteroatoms. The predicted molar refractivity (Wildman–Crippen MR) is 69.0 cm³/mol. The van der Waals surface area contributed by atoms with E-state index in [1.54, 1.807) is 6.07 Å². The molecule has 1 rings (SSSR count). The molecule has 2 amide bonds. The summed E-state index contributed by atoms with van der Waals surface area (Å²) in [5.74, 6) is -0.544. The number of carbonyl (C=O) groups excluding carboxylic acids is 1. The summed E-state index contributed by atoms with van der Waals surface area (Å²) in [5, 5.41) is 14.0. The second kappa shape index (κ2) is 7.30. The van der Waals surface area contributed by atoms with Gasteiger partial charge >= 0.3 is 6.03 Å². The minimum absolute atomic E-state index is 0.0256. The molecule has 0 fully saturated rings. The first kappa shape index (κ1) is 14.9. The number of methoxy groups -OCH3 is 1. The van der Waals surface area contributed by atoms with Gasteiger partial charge in [0.2, 0.25) is 0 Å². The Bertz CT molecular complexity index is 417. The molecule has 100 valence electrons. The molecule has 5 nitrogen and oxygen atoms in total. The zero-order valence-electron chi connectivity index (χ0n) is 9.74. The van der Waals surface area contributed by atoms with Crippen molar-refractivity contribution in [2.45, 2.75) is 6.10 Å². The van der Waals surface area contributed by atoms with Crippen LogP contribution in [0, 0.1) is 5.82 Å². The van der Waals surface area contributed by atoms with Crippen LogP contribution in [0.25, 0.3) is 0 Å². The predicted octanol–water partition coefficient (Wildman–Crippen LogP) is 1.72. The number of urea groups is 1. The number of carbonyl (C=O) groups is 1. The number of nitrogens with one attached hydrogen (secondary N) is 2. The molecule has 0 aliphatic heterocycles. The summed E-state index contributed by atoms with van der Waals surface area (Å²) in [6.45, 7) is 0.144. The van der Waals surface area contributed by atoms with Crippen molar-refractivity contribution in [1.29, 1.82) is 0 Å². The molecule has 1 aromatic carbocycles. The van der Waals surface area contributed by atoms with Gasteiger partial charge in [0, 0.05) is 18.1 Å². The van der Waals surface area contributed by atoms with Crippen LogP contribution in [0.3, 0.4) is 0 Å². The molecule has 1 atom stereocenters. The molecule has 0 radical (unpaired) electrons. The summed E-state index contributed by atoms with van der Waals surface area (Å²) in [6, 6.07) is 3.70. The highest BCUT2D eigenvalue weighted by Gasteiger charge is 2.09. The Kier molecular flexibility index (Phi) is 6.03. The van der Waals surface area contributed by atoms with Gasteiger partial charge in [-0.15, -0.1) is 0 Å². The quantitative estimate of drug-likeness (QED) is 0.773. The molecule has 1 aromatic rings. The standard InChI is InChI=1S/C11H14BrFN2O3/c1-18-6-8(16)5-14-11(17)15-10-3-2-7(12)4-9(10)13/h2-4,8,16H,5-6H2,1H3,(H2,14,15,17). The number of halogens is 2. The number of anilines is 1. The van der Waals surface area contributed by atoms with Crippen molar-refractivity contribution in [3.63, 3.8) is 0 Å². The lowest BCUT2D eigenvalue weighted by Crippen LogP contribution is -2.37. The summed E-state index contributed by atoms with van der Waals surface area (Å²) < 4.78 is 18.7. The maximum atomic E-state index is 13.4. The van der Waals surface area contributed by atoms with Gasteiger partial charge in [-0.3, -0.25) is 0 Å². The number of aliphatic hydroxyl groups excluding tert-OH is 1. The molecule has 0 bridgehead atoms. The molecule has 0 aliphatic rings. The van der Waals surface area contributed by atoms with Crippen LogP contribution >= 0.6 is 15.9 Å². The minimum atomic E-state index is -0.796. The van der Waals surface area contributed by atoms with E-state index < -0.39 is 18.0 Å². The van der Waals surface area contributed by atoms with Gasteiger partial charge in [-0.05, 0) is 18.2 Å². The number of aliphatic hydroxyl groups is 1. The fourth-order valence-corrected chi connectivity index (χ4v) is 1.55. The maximum absolute atomic E-state index is 13.4. The molecular formula is C11H14BrFN2O3. The minimum Gasteiger partial charge on any atom is -0.389 e. The normalized spacial score (nSPS) is 12.0. The third-order valence-electron chi connectivity index (χ3n) is 2.04. The second-order valence-electron chi connectivity index (χ2n) is 3.57. The van der Waals surface area contributed by atoms with Crippen LogP contribution in [0.4, 0.5) is 14.9 Å². The SMILES string of the molecule is COCC(O)CNC(=O)Nc1ccc(Br)cc1F. The van der Waals surface area contributed by atoms with Crippen LogP contribution in [0.2, 0.25) is 0 Å². The van der Waals surface area contributed by atoms with Gasteiger partial charge in [0.1, 0.15) is 5.82 Å². The maximum Gasteiger partial charge on any atom is 0.319 e. The average Bonchev–Trinajstić information content (AvgIpc) is 2.31. The lowest BCUT2D eigenvalue weighted by Gasteiger charge is -2.12. The van der Waals surface area contributed by atoms with E-state index in [0.29, 0.717) is 4.47 Å². The third kappa shape index (κ3) is 4.99. The van der Waals surface area contributed by atoms with E-state index in [4.69, 9.17) is 4.74 Å². The summed E-state index contributed by atoms with van der Waals surface area (Å²) in [6.07, 6.45) is -0.796. The molecule has 0 spiro atoms. The van der Waals surface area contributed by atoms with E-state index in [2.05, 4.69) is 26.6 Å². The van der Waals surface area contributed by atoms with Crippen molar-refractivity contribution in [2.75, 3.05) is 25.6 Å². The summed E-state index contributed by atoms with van der Waals surface area (Å²) in [5.41, 5.74) is 0.0666. The van der Waals surface area contributed by atoms with Gasteiger partial charge in [0.05, 0.1) is 18.4 Å². The van der Waals surface area contributed by atoms with Gasteiger partial charge in [0.15, 0.2) is 0 Å².